The third-order valence-corrected chi connectivity index (χ3v) is 13.7. The second kappa shape index (κ2) is 13.3. The molecule has 298 valence electrons. The molecule has 0 amide bonds. The topological polar surface area (TPSA) is 42.4 Å². The summed E-state index contributed by atoms with van der Waals surface area (Å²) < 4.78 is 13.6. The van der Waals surface area contributed by atoms with Gasteiger partial charge in [0.1, 0.15) is 16.7 Å². The van der Waals surface area contributed by atoms with E-state index in [-0.39, 0.29) is 0 Å². The maximum Gasteiger partial charge on any atom is 0.229 e. The van der Waals surface area contributed by atoms with Crippen molar-refractivity contribution in [3.63, 3.8) is 0 Å². The van der Waals surface area contributed by atoms with Gasteiger partial charge in [0.25, 0.3) is 0 Å². The van der Waals surface area contributed by atoms with Gasteiger partial charge in [0, 0.05) is 16.6 Å². The minimum Gasteiger partial charge on any atom is -0.456 e. The Bertz CT molecular complexity index is 3780. The highest BCUT2D eigenvalue weighted by molar-refractivity contribution is 6.20. The first kappa shape index (κ1) is 35.2. The summed E-state index contributed by atoms with van der Waals surface area (Å²) in [4.78, 5) is 7.63. The van der Waals surface area contributed by atoms with Gasteiger partial charge in [0.2, 0.25) is 5.89 Å². The molecule has 0 N–H and O–H groups in total. The molecule has 14 rings (SSSR count). The molecule has 12 aromatic rings. The van der Waals surface area contributed by atoms with Crippen LogP contribution in [0.25, 0.3) is 88.6 Å². The first-order valence-electron chi connectivity index (χ1n) is 21.9. The summed E-state index contributed by atoms with van der Waals surface area (Å²) in [5, 5.41) is 4.28. The third-order valence-electron chi connectivity index (χ3n) is 13.7. The molecule has 0 saturated carbocycles. The Hall–Kier alpha value is -8.47. The van der Waals surface area contributed by atoms with Crippen molar-refractivity contribution in [3.8, 4) is 44.8 Å². The van der Waals surface area contributed by atoms with Crippen molar-refractivity contribution >= 4 is 60.9 Å². The number of nitrogens with zero attached hydrogens (tertiary/aromatic N) is 2. The van der Waals surface area contributed by atoms with Crippen molar-refractivity contribution in [2.24, 2.45) is 0 Å². The Morgan fingerprint density at radius 3 is 1.77 bits per heavy atom. The Kier molecular flexibility index (Phi) is 7.29. The third kappa shape index (κ3) is 4.79. The summed E-state index contributed by atoms with van der Waals surface area (Å²) in [6.07, 6.45) is 0. The molecule has 2 heterocycles. The zero-order valence-electron chi connectivity index (χ0n) is 34.5. The highest BCUT2D eigenvalue weighted by Gasteiger charge is 2.52. The maximum absolute atomic E-state index is 6.88. The molecule has 0 aliphatic heterocycles. The Morgan fingerprint density at radius 2 is 1.02 bits per heavy atom. The van der Waals surface area contributed by atoms with Crippen LogP contribution in [0.5, 0.6) is 0 Å². The number of fused-ring (bicyclic) bond motifs is 15. The lowest BCUT2D eigenvalue weighted by molar-refractivity contribution is 0.620. The molecule has 2 aliphatic carbocycles. The number of anilines is 3. The predicted molar refractivity (Wildman–Crippen MR) is 261 cm³/mol. The van der Waals surface area contributed by atoms with E-state index in [1.165, 1.54) is 44.5 Å². The van der Waals surface area contributed by atoms with Crippen molar-refractivity contribution in [2.45, 2.75) is 5.41 Å². The van der Waals surface area contributed by atoms with Crippen LogP contribution in [0.4, 0.5) is 17.1 Å². The van der Waals surface area contributed by atoms with Gasteiger partial charge in [-0.25, -0.2) is 4.98 Å². The minimum absolute atomic E-state index is 0.520. The highest BCUT2D eigenvalue weighted by Crippen LogP contribution is 2.65. The van der Waals surface area contributed by atoms with E-state index < -0.39 is 5.41 Å². The molecule has 0 radical (unpaired) electrons. The monoisotopic (exact) mass is 816 g/mol. The Labute approximate surface area is 368 Å². The van der Waals surface area contributed by atoms with Crippen molar-refractivity contribution in [1.82, 2.24) is 4.98 Å². The molecule has 64 heavy (non-hydrogen) atoms. The molecular formula is C60H36N2O2. The van der Waals surface area contributed by atoms with Crippen LogP contribution in [0.3, 0.4) is 0 Å². The number of rotatable bonds is 5. The zero-order valence-corrected chi connectivity index (χ0v) is 34.5. The largest absolute Gasteiger partial charge is 0.456 e. The number of para-hydroxylation sites is 2. The van der Waals surface area contributed by atoms with E-state index >= 15 is 0 Å². The van der Waals surface area contributed by atoms with Crippen molar-refractivity contribution in [3.05, 3.63) is 241 Å². The lowest BCUT2D eigenvalue weighted by atomic mass is 9.70. The molecule has 0 unspecified atom stereocenters. The summed E-state index contributed by atoms with van der Waals surface area (Å²) in [7, 11) is 0. The van der Waals surface area contributed by atoms with E-state index in [0.717, 1.165) is 77.6 Å². The lowest BCUT2D eigenvalue weighted by Crippen LogP contribution is -2.26. The van der Waals surface area contributed by atoms with Crippen LogP contribution in [0, 0.1) is 0 Å². The van der Waals surface area contributed by atoms with E-state index in [9.17, 15) is 0 Å². The number of hydrogen-bond donors (Lipinski definition) is 0. The van der Waals surface area contributed by atoms with E-state index in [1.807, 2.05) is 24.3 Å². The molecule has 4 nitrogen and oxygen atoms in total. The average molecular weight is 817 g/mol. The van der Waals surface area contributed by atoms with Crippen LogP contribution < -0.4 is 4.90 Å². The van der Waals surface area contributed by atoms with Crippen molar-refractivity contribution in [2.75, 3.05) is 4.90 Å². The van der Waals surface area contributed by atoms with Gasteiger partial charge in [-0.2, -0.15) is 0 Å². The lowest BCUT2D eigenvalue weighted by Gasteiger charge is -2.32. The van der Waals surface area contributed by atoms with Gasteiger partial charge >= 0.3 is 0 Å². The first-order valence-corrected chi connectivity index (χ1v) is 21.9. The normalized spacial score (nSPS) is 13.1. The van der Waals surface area contributed by atoms with Gasteiger partial charge in [0.15, 0.2) is 5.58 Å². The standard InChI is InChI=1S/C60H36N2O2/c1-2-15-37(16-3-1)38-29-31-41(32-30-38)62(52-27-14-25-50-56(52)44-21-8-11-24-49(44)60(50)47-22-9-6-19-42(47)43-20-7-10-23-48(43)60)58-45(59-61-51-26-12-13-28-53(51)64-59)33-34-54-57(58)46-35-39-17-4-5-18-40(39)36-55(46)63-54/h1-36H. The van der Waals surface area contributed by atoms with Crippen LogP contribution in [0.15, 0.2) is 227 Å². The Balaban J connectivity index is 1.13. The number of furan rings is 1. The van der Waals surface area contributed by atoms with E-state index in [0.29, 0.717) is 5.89 Å². The number of hydrogen-bond acceptors (Lipinski definition) is 4. The average Bonchev–Trinajstić information content (AvgIpc) is 4.11. The van der Waals surface area contributed by atoms with E-state index in [1.54, 1.807) is 0 Å². The van der Waals surface area contributed by atoms with Crippen molar-refractivity contribution in [1.29, 1.82) is 0 Å². The highest BCUT2D eigenvalue weighted by atomic mass is 16.3. The fraction of sp³-hybridized carbons (Fsp3) is 0.0167. The van der Waals surface area contributed by atoms with Crippen LogP contribution in [0.2, 0.25) is 0 Å². The molecule has 10 aromatic carbocycles. The van der Waals surface area contributed by atoms with E-state index in [2.05, 4.69) is 199 Å². The molecule has 2 aliphatic rings. The number of aromatic nitrogens is 1. The van der Waals surface area contributed by atoms with Gasteiger partial charge in [-0.15, -0.1) is 0 Å². The number of oxazole rings is 1. The van der Waals surface area contributed by atoms with Gasteiger partial charge < -0.3 is 13.7 Å². The van der Waals surface area contributed by atoms with Crippen LogP contribution in [-0.2, 0) is 5.41 Å². The molecule has 4 heteroatoms. The van der Waals surface area contributed by atoms with Gasteiger partial charge in [0.05, 0.1) is 27.7 Å². The molecule has 2 aromatic heterocycles. The molecule has 0 fully saturated rings. The van der Waals surface area contributed by atoms with Crippen LogP contribution >= 0.6 is 0 Å². The van der Waals surface area contributed by atoms with Crippen LogP contribution in [-0.4, -0.2) is 4.98 Å². The van der Waals surface area contributed by atoms with Crippen molar-refractivity contribution < 1.29 is 8.83 Å². The molecule has 0 atom stereocenters. The van der Waals surface area contributed by atoms with Gasteiger partial charge in [-0.1, -0.05) is 164 Å². The fourth-order valence-corrected chi connectivity index (χ4v) is 11.1. The predicted octanol–water partition coefficient (Wildman–Crippen LogP) is 16.0. The van der Waals surface area contributed by atoms with E-state index in [4.69, 9.17) is 13.8 Å². The molecule has 0 saturated heterocycles. The summed E-state index contributed by atoms with van der Waals surface area (Å²) >= 11 is 0. The van der Waals surface area contributed by atoms with Gasteiger partial charge in [-0.3, -0.25) is 0 Å². The second-order valence-electron chi connectivity index (χ2n) is 17.0. The zero-order chi connectivity index (χ0) is 41.9. The summed E-state index contributed by atoms with van der Waals surface area (Å²) in [6.45, 7) is 0. The summed E-state index contributed by atoms with van der Waals surface area (Å²) in [5.41, 5.74) is 18.9. The summed E-state index contributed by atoms with van der Waals surface area (Å²) in [5.74, 6) is 0.544. The number of benzene rings is 10. The second-order valence-corrected chi connectivity index (χ2v) is 17.0. The quantitative estimate of drug-likeness (QED) is 0.174. The smallest absolute Gasteiger partial charge is 0.229 e. The minimum atomic E-state index is -0.520. The molecular weight excluding hydrogens is 781 g/mol. The first-order chi connectivity index (χ1) is 31.7. The maximum atomic E-state index is 6.88. The van der Waals surface area contributed by atoms with Gasteiger partial charge in [-0.05, 0) is 115 Å². The molecule has 1 spiro atoms. The Morgan fingerprint density at radius 1 is 0.406 bits per heavy atom. The summed E-state index contributed by atoms with van der Waals surface area (Å²) in [6, 6.07) is 78.6. The molecule has 0 bridgehead atoms. The fourth-order valence-electron chi connectivity index (χ4n) is 11.1. The van der Waals surface area contributed by atoms with Crippen LogP contribution in [0.1, 0.15) is 22.3 Å². The SMILES string of the molecule is c1ccc(-c2ccc(N(c3cccc4c3-c3ccccc3C43c4ccccc4-c4ccccc43)c3c(-c4nc5ccccc5o4)ccc4oc5cc6ccccc6cc5c34)cc2)cc1.